The first-order valence-corrected chi connectivity index (χ1v) is 7.93. The second kappa shape index (κ2) is 5.69. The topological polar surface area (TPSA) is 63.5 Å². The van der Waals surface area contributed by atoms with Crippen molar-refractivity contribution in [3.05, 3.63) is 65.4 Å². The van der Waals surface area contributed by atoms with E-state index >= 15 is 0 Å². The van der Waals surface area contributed by atoms with Crippen LogP contribution < -0.4 is 10.1 Å². The molecule has 0 bridgehead atoms. The van der Waals surface area contributed by atoms with E-state index in [1.165, 1.54) is 4.57 Å². The van der Waals surface area contributed by atoms with Gasteiger partial charge in [0, 0.05) is 11.9 Å². The number of para-hydroxylation sites is 1. The fraction of sp³-hybridized carbons (Fsp3) is 0.211. The molecule has 0 aliphatic carbocycles. The molecule has 0 amide bonds. The van der Waals surface area contributed by atoms with Crippen LogP contribution in [-0.2, 0) is 6.42 Å². The molecule has 5 nitrogen and oxygen atoms in total. The lowest BCUT2D eigenvalue weighted by molar-refractivity contribution is 0.196. The Balaban J connectivity index is 1.94. The molecule has 0 radical (unpaired) electrons. The van der Waals surface area contributed by atoms with Crippen molar-refractivity contribution in [1.82, 2.24) is 9.88 Å². The number of fused-ring (bicyclic) bond motifs is 3. The molecule has 1 atom stereocenters. The number of methoxy groups -OCH3 is 1. The van der Waals surface area contributed by atoms with Crippen LogP contribution in [0.4, 0.5) is 4.79 Å². The zero-order valence-electron chi connectivity index (χ0n) is 13.3. The summed E-state index contributed by atoms with van der Waals surface area (Å²) in [5.74, 6) is 0.786. The predicted octanol–water partition coefficient (Wildman–Crippen LogP) is 3.41. The van der Waals surface area contributed by atoms with Gasteiger partial charge in [0.25, 0.3) is 0 Å². The van der Waals surface area contributed by atoms with Crippen molar-refractivity contribution < 1.29 is 14.6 Å². The Bertz CT molecular complexity index is 912. The number of nitrogens with zero attached hydrogens (tertiary/aromatic N) is 1. The average Bonchev–Trinajstić information content (AvgIpc) is 2.96. The fourth-order valence-electron chi connectivity index (χ4n) is 3.61. The third-order valence-corrected chi connectivity index (χ3v) is 4.66. The van der Waals surface area contributed by atoms with Gasteiger partial charge in [-0.25, -0.2) is 9.36 Å². The van der Waals surface area contributed by atoms with Gasteiger partial charge in [0.15, 0.2) is 0 Å². The number of nitrogens with one attached hydrogen (secondary N) is 1. The molecular weight excluding hydrogens is 304 g/mol. The molecule has 3 aromatic rings. The summed E-state index contributed by atoms with van der Waals surface area (Å²) in [6.07, 6.45) is -0.127. The number of hydrogen-bond donors (Lipinski definition) is 2. The van der Waals surface area contributed by atoms with Gasteiger partial charge in [-0.2, -0.15) is 0 Å². The second-order valence-corrected chi connectivity index (χ2v) is 5.91. The summed E-state index contributed by atoms with van der Waals surface area (Å²) >= 11 is 0. The summed E-state index contributed by atoms with van der Waals surface area (Å²) in [7, 11) is 1.63. The molecular formula is C19H18N2O3. The van der Waals surface area contributed by atoms with Crippen LogP contribution in [0.3, 0.4) is 0 Å². The fourth-order valence-corrected chi connectivity index (χ4v) is 3.61. The molecule has 2 heterocycles. The van der Waals surface area contributed by atoms with Crippen molar-refractivity contribution in [3.63, 3.8) is 0 Å². The van der Waals surface area contributed by atoms with Gasteiger partial charge in [-0.1, -0.05) is 30.3 Å². The Morgan fingerprint density at radius 1 is 1.21 bits per heavy atom. The number of rotatable bonds is 2. The van der Waals surface area contributed by atoms with Crippen molar-refractivity contribution in [2.45, 2.75) is 12.5 Å². The SMILES string of the molecule is COc1ccc(C2NCCc3c2n(C(=O)O)c2ccccc32)cc1. The largest absolute Gasteiger partial charge is 0.497 e. The van der Waals surface area contributed by atoms with E-state index < -0.39 is 6.09 Å². The maximum absolute atomic E-state index is 11.9. The smallest absolute Gasteiger partial charge is 0.416 e. The molecule has 122 valence electrons. The van der Waals surface area contributed by atoms with Crippen LogP contribution >= 0.6 is 0 Å². The van der Waals surface area contributed by atoms with Gasteiger partial charge in [0.2, 0.25) is 0 Å². The highest BCUT2D eigenvalue weighted by molar-refractivity contribution is 5.93. The molecule has 0 saturated carbocycles. The third kappa shape index (κ3) is 2.17. The molecule has 2 aromatic carbocycles. The molecule has 1 aromatic heterocycles. The Morgan fingerprint density at radius 3 is 2.67 bits per heavy atom. The first-order valence-electron chi connectivity index (χ1n) is 7.93. The Labute approximate surface area is 139 Å². The van der Waals surface area contributed by atoms with Crippen LogP contribution in [0.5, 0.6) is 5.75 Å². The van der Waals surface area contributed by atoms with Crippen LogP contribution in [0.15, 0.2) is 48.5 Å². The van der Waals surface area contributed by atoms with Crippen LogP contribution in [0.25, 0.3) is 10.9 Å². The lowest BCUT2D eigenvalue weighted by Crippen LogP contribution is -2.33. The normalized spacial score (nSPS) is 16.8. The van der Waals surface area contributed by atoms with E-state index in [0.29, 0.717) is 0 Å². The average molecular weight is 322 g/mol. The number of benzene rings is 2. The minimum atomic E-state index is -0.949. The van der Waals surface area contributed by atoms with E-state index in [9.17, 15) is 9.90 Å². The van der Waals surface area contributed by atoms with Crippen molar-refractivity contribution in [1.29, 1.82) is 0 Å². The van der Waals surface area contributed by atoms with Crippen LogP contribution in [0.1, 0.15) is 22.9 Å². The van der Waals surface area contributed by atoms with Gasteiger partial charge < -0.3 is 15.2 Å². The highest BCUT2D eigenvalue weighted by Gasteiger charge is 2.30. The minimum absolute atomic E-state index is 0.150. The number of aromatic nitrogens is 1. The summed E-state index contributed by atoms with van der Waals surface area (Å²) in [6, 6.07) is 15.3. The summed E-state index contributed by atoms with van der Waals surface area (Å²) in [5, 5.41) is 14.3. The van der Waals surface area contributed by atoms with Crippen molar-refractivity contribution >= 4 is 17.0 Å². The summed E-state index contributed by atoms with van der Waals surface area (Å²) in [5.41, 5.74) is 3.71. The maximum Gasteiger partial charge on any atom is 0.416 e. The van der Waals surface area contributed by atoms with Crippen molar-refractivity contribution in [2.75, 3.05) is 13.7 Å². The Kier molecular flexibility index (Phi) is 3.50. The zero-order valence-corrected chi connectivity index (χ0v) is 13.3. The molecule has 0 spiro atoms. The van der Waals surface area contributed by atoms with Crippen molar-refractivity contribution in [2.24, 2.45) is 0 Å². The van der Waals surface area contributed by atoms with Gasteiger partial charge in [0.05, 0.1) is 24.4 Å². The van der Waals surface area contributed by atoms with Crippen LogP contribution in [0.2, 0.25) is 0 Å². The van der Waals surface area contributed by atoms with E-state index in [1.807, 2.05) is 48.5 Å². The van der Waals surface area contributed by atoms with Crippen LogP contribution in [0, 0.1) is 0 Å². The van der Waals surface area contributed by atoms with Gasteiger partial charge >= 0.3 is 6.09 Å². The molecule has 2 N–H and O–H groups in total. The third-order valence-electron chi connectivity index (χ3n) is 4.66. The summed E-state index contributed by atoms with van der Waals surface area (Å²) < 4.78 is 6.64. The molecule has 4 rings (SSSR count). The lowest BCUT2D eigenvalue weighted by Gasteiger charge is -2.26. The Hall–Kier alpha value is -2.79. The van der Waals surface area contributed by atoms with E-state index in [0.717, 1.165) is 46.4 Å². The molecule has 24 heavy (non-hydrogen) atoms. The highest BCUT2D eigenvalue weighted by Crippen LogP contribution is 2.36. The number of hydrogen-bond acceptors (Lipinski definition) is 3. The van der Waals surface area contributed by atoms with Gasteiger partial charge in [-0.3, -0.25) is 0 Å². The molecule has 5 heteroatoms. The van der Waals surface area contributed by atoms with Gasteiger partial charge in [0.1, 0.15) is 5.75 Å². The van der Waals surface area contributed by atoms with E-state index in [4.69, 9.17) is 4.74 Å². The number of carboxylic acid groups (broad SMARTS) is 1. The highest BCUT2D eigenvalue weighted by atomic mass is 16.5. The van der Waals surface area contributed by atoms with E-state index in [1.54, 1.807) is 7.11 Å². The molecule has 1 unspecified atom stereocenters. The van der Waals surface area contributed by atoms with Gasteiger partial charge in [-0.05, 0) is 35.7 Å². The standard InChI is InChI=1S/C19H18N2O3/c1-24-13-8-6-12(7-9-13)17-18-15(10-11-20-17)14-4-2-3-5-16(14)21(18)19(22)23/h2-9,17,20H,10-11H2,1H3,(H,22,23). The quantitative estimate of drug-likeness (QED) is 0.759. The zero-order chi connectivity index (χ0) is 16.7. The van der Waals surface area contributed by atoms with Gasteiger partial charge in [-0.15, -0.1) is 0 Å². The number of carbonyl (C=O) groups is 1. The first-order chi connectivity index (χ1) is 11.7. The second-order valence-electron chi connectivity index (χ2n) is 5.91. The molecule has 0 fully saturated rings. The summed E-state index contributed by atoms with van der Waals surface area (Å²) in [4.78, 5) is 11.9. The minimum Gasteiger partial charge on any atom is -0.497 e. The first kappa shape index (κ1) is 14.8. The molecule has 1 aliphatic heterocycles. The number of ether oxygens (including phenoxy) is 1. The Morgan fingerprint density at radius 2 is 1.96 bits per heavy atom. The van der Waals surface area contributed by atoms with Crippen LogP contribution in [-0.4, -0.2) is 29.4 Å². The van der Waals surface area contributed by atoms with E-state index in [-0.39, 0.29) is 6.04 Å². The molecule has 0 saturated heterocycles. The summed E-state index contributed by atoms with van der Waals surface area (Å²) in [6.45, 7) is 0.817. The monoisotopic (exact) mass is 322 g/mol. The van der Waals surface area contributed by atoms with Crippen molar-refractivity contribution in [3.8, 4) is 5.75 Å². The predicted molar refractivity (Wildman–Crippen MR) is 91.9 cm³/mol. The maximum atomic E-state index is 11.9. The lowest BCUT2D eigenvalue weighted by atomic mass is 9.94. The van der Waals surface area contributed by atoms with E-state index in [2.05, 4.69) is 5.32 Å². The molecule has 1 aliphatic rings.